The molecule has 0 aliphatic carbocycles. The van der Waals surface area contributed by atoms with Crippen molar-refractivity contribution >= 4 is 31.9 Å². The van der Waals surface area contributed by atoms with Crippen molar-refractivity contribution in [2.75, 3.05) is 43.3 Å². The van der Waals surface area contributed by atoms with Gasteiger partial charge in [0.1, 0.15) is 0 Å². The Bertz CT molecular complexity index is 721. The maximum atomic E-state index is 14.0. The van der Waals surface area contributed by atoms with Crippen molar-refractivity contribution in [3.05, 3.63) is 41.8 Å². The summed E-state index contributed by atoms with van der Waals surface area (Å²) in [5.41, 5.74) is 3.82. The van der Waals surface area contributed by atoms with Crippen LogP contribution in [0.15, 0.2) is 35.6 Å². The second kappa shape index (κ2) is 8.13. The molecule has 6 nitrogen and oxygen atoms in total. The van der Waals surface area contributed by atoms with Gasteiger partial charge in [0.05, 0.1) is 25.6 Å². The predicted octanol–water partition coefficient (Wildman–Crippen LogP) is 1.83. The van der Waals surface area contributed by atoms with Crippen LogP contribution in [-0.4, -0.2) is 49.2 Å². The predicted molar refractivity (Wildman–Crippen MR) is 96.6 cm³/mol. The largest absolute Gasteiger partial charge is 0.378 e. The molecule has 1 fully saturated rings. The van der Waals surface area contributed by atoms with Crippen LogP contribution in [0, 0.1) is 5.82 Å². The van der Waals surface area contributed by atoms with Gasteiger partial charge < -0.3 is 9.64 Å². The molecule has 1 aromatic carbocycles. The summed E-state index contributed by atoms with van der Waals surface area (Å²) in [6, 6.07) is 8.05. The molecule has 2 heterocycles. The zero-order valence-corrected chi connectivity index (χ0v) is 14.4. The van der Waals surface area contributed by atoms with E-state index in [4.69, 9.17) is 4.74 Å². The third kappa shape index (κ3) is 4.04. The highest BCUT2D eigenvalue weighted by molar-refractivity contribution is 7.46. The van der Waals surface area contributed by atoms with Gasteiger partial charge >= 0.3 is 0 Å². The fourth-order valence-electron chi connectivity index (χ4n) is 2.41. The Labute approximate surface area is 141 Å². The number of benzene rings is 1. The number of halogens is 1. The normalized spacial score (nSPS) is 15.5. The minimum absolute atomic E-state index is 0.269. The molecule has 2 aromatic rings. The van der Waals surface area contributed by atoms with Crippen molar-refractivity contribution in [2.45, 2.75) is 0 Å². The maximum Gasteiger partial charge on any atom is 0.245 e. The zero-order chi connectivity index (χ0) is 16.8. The number of rotatable bonds is 5. The van der Waals surface area contributed by atoms with E-state index in [0.717, 1.165) is 11.8 Å². The van der Waals surface area contributed by atoms with Crippen LogP contribution in [0.1, 0.15) is 5.56 Å². The van der Waals surface area contributed by atoms with Crippen LogP contribution in [0.2, 0.25) is 0 Å². The number of nitrogens with one attached hydrogen (secondary N) is 1. The van der Waals surface area contributed by atoms with Crippen LogP contribution >= 0.6 is 8.58 Å². The molecule has 1 unspecified atom stereocenters. The first-order valence-electron chi connectivity index (χ1n) is 7.69. The summed E-state index contributed by atoms with van der Waals surface area (Å²) in [6.07, 6.45) is 2.89. The standard InChI is InChI=1S/C16H19FN5OP/c1-24-14-5-3-2-4-12(14)10-19-21-16-18-11-13(17)15(20-16)22-6-8-23-9-7-22/h2-5,10-11,24H,6-9H2,1H3,(H,18,20,21)/b19-10+. The van der Waals surface area contributed by atoms with E-state index >= 15 is 0 Å². The molecule has 0 radical (unpaired) electrons. The highest BCUT2D eigenvalue weighted by atomic mass is 31.1. The van der Waals surface area contributed by atoms with Gasteiger partial charge in [-0.3, -0.25) is 0 Å². The highest BCUT2D eigenvalue weighted by Gasteiger charge is 2.17. The lowest BCUT2D eigenvalue weighted by molar-refractivity contribution is 0.122. The minimum Gasteiger partial charge on any atom is -0.378 e. The summed E-state index contributed by atoms with van der Waals surface area (Å²) < 4.78 is 19.2. The van der Waals surface area contributed by atoms with Gasteiger partial charge in [0.25, 0.3) is 0 Å². The number of hydrogen-bond donors (Lipinski definition) is 1. The van der Waals surface area contributed by atoms with Crippen LogP contribution in [-0.2, 0) is 4.74 Å². The molecule has 1 aliphatic heterocycles. The molecule has 1 saturated heterocycles. The van der Waals surface area contributed by atoms with E-state index in [1.165, 1.54) is 5.30 Å². The number of morpholine rings is 1. The number of hydrazone groups is 1. The maximum absolute atomic E-state index is 14.0. The lowest BCUT2D eigenvalue weighted by Crippen LogP contribution is -2.37. The fourth-order valence-corrected chi connectivity index (χ4v) is 3.11. The molecule has 1 aromatic heterocycles. The Morgan fingerprint density at radius 2 is 2.12 bits per heavy atom. The van der Waals surface area contributed by atoms with Gasteiger partial charge in [0, 0.05) is 18.7 Å². The summed E-state index contributed by atoms with van der Waals surface area (Å²) in [5.74, 6) is 0.107. The van der Waals surface area contributed by atoms with Crippen molar-refractivity contribution in [3.8, 4) is 0 Å². The number of hydrogen-bond acceptors (Lipinski definition) is 6. The highest BCUT2D eigenvalue weighted by Crippen LogP contribution is 2.18. The van der Waals surface area contributed by atoms with Crippen LogP contribution in [0.25, 0.3) is 0 Å². The second-order valence-electron chi connectivity index (χ2n) is 5.17. The summed E-state index contributed by atoms with van der Waals surface area (Å²) in [7, 11) is 0.687. The Morgan fingerprint density at radius 1 is 1.33 bits per heavy atom. The van der Waals surface area contributed by atoms with Crippen LogP contribution < -0.4 is 15.6 Å². The molecule has 0 saturated carbocycles. The Hall–Kier alpha value is -2.11. The summed E-state index contributed by atoms with van der Waals surface area (Å²) in [4.78, 5) is 10.0. The van der Waals surface area contributed by atoms with Gasteiger partial charge in [-0.1, -0.05) is 32.8 Å². The lowest BCUT2D eigenvalue weighted by Gasteiger charge is -2.27. The summed E-state index contributed by atoms with van der Waals surface area (Å²) in [6.45, 7) is 4.48. The van der Waals surface area contributed by atoms with Gasteiger partial charge in [0.2, 0.25) is 5.95 Å². The quantitative estimate of drug-likeness (QED) is 0.508. The second-order valence-corrected chi connectivity index (χ2v) is 6.21. The first-order chi connectivity index (χ1) is 11.8. The van der Waals surface area contributed by atoms with Gasteiger partial charge in [0.15, 0.2) is 11.6 Å². The number of anilines is 2. The van der Waals surface area contributed by atoms with E-state index in [2.05, 4.69) is 33.2 Å². The smallest absolute Gasteiger partial charge is 0.245 e. The molecule has 0 spiro atoms. The van der Waals surface area contributed by atoms with Crippen LogP contribution in [0.4, 0.5) is 16.2 Å². The summed E-state index contributed by atoms with van der Waals surface area (Å²) >= 11 is 0. The van der Waals surface area contributed by atoms with E-state index < -0.39 is 5.82 Å². The van der Waals surface area contributed by atoms with Crippen molar-refractivity contribution in [1.82, 2.24) is 9.97 Å². The molecule has 1 atom stereocenters. The molecule has 24 heavy (non-hydrogen) atoms. The van der Waals surface area contributed by atoms with Crippen molar-refractivity contribution in [3.63, 3.8) is 0 Å². The topological polar surface area (TPSA) is 62.6 Å². The van der Waals surface area contributed by atoms with E-state index in [-0.39, 0.29) is 11.8 Å². The molecular formula is C16H19FN5OP. The van der Waals surface area contributed by atoms with Crippen LogP contribution in [0.5, 0.6) is 0 Å². The van der Waals surface area contributed by atoms with E-state index in [9.17, 15) is 4.39 Å². The number of ether oxygens (including phenoxy) is 1. The third-order valence-corrected chi connectivity index (χ3v) is 4.63. The minimum atomic E-state index is -0.441. The summed E-state index contributed by atoms with van der Waals surface area (Å²) in [5, 5.41) is 5.41. The Balaban J connectivity index is 1.72. The molecular weight excluding hydrogens is 328 g/mol. The van der Waals surface area contributed by atoms with Gasteiger partial charge in [-0.05, 0) is 12.0 Å². The number of aromatic nitrogens is 2. The monoisotopic (exact) mass is 347 g/mol. The molecule has 3 rings (SSSR count). The van der Waals surface area contributed by atoms with Crippen molar-refractivity contribution in [1.29, 1.82) is 0 Å². The molecule has 126 valence electrons. The van der Waals surface area contributed by atoms with E-state index in [0.29, 0.717) is 34.9 Å². The third-order valence-electron chi connectivity index (χ3n) is 3.63. The zero-order valence-electron chi connectivity index (χ0n) is 13.4. The van der Waals surface area contributed by atoms with Crippen LogP contribution in [0.3, 0.4) is 0 Å². The van der Waals surface area contributed by atoms with Crippen molar-refractivity contribution in [2.24, 2.45) is 5.10 Å². The molecule has 0 amide bonds. The Kier molecular flexibility index (Phi) is 5.67. The van der Waals surface area contributed by atoms with E-state index in [1.54, 1.807) is 6.21 Å². The molecule has 1 aliphatic rings. The van der Waals surface area contributed by atoms with Gasteiger partial charge in [-0.25, -0.2) is 14.8 Å². The molecule has 8 heteroatoms. The van der Waals surface area contributed by atoms with Crippen molar-refractivity contribution < 1.29 is 9.13 Å². The first-order valence-corrected chi connectivity index (χ1v) is 9.19. The molecule has 1 N–H and O–H groups in total. The average molecular weight is 347 g/mol. The first kappa shape index (κ1) is 16.7. The number of nitrogens with zero attached hydrogens (tertiary/aromatic N) is 4. The van der Waals surface area contributed by atoms with Gasteiger partial charge in [-0.2, -0.15) is 10.1 Å². The fraction of sp³-hybridized carbons (Fsp3) is 0.312. The van der Waals surface area contributed by atoms with E-state index in [1.807, 2.05) is 23.1 Å². The SMILES string of the molecule is CPc1ccccc1/C=N/Nc1ncc(F)c(N2CCOCC2)n1. The Morgan fingerprint density at radius 3 is 2.92 bits per heavy atom. The average Bonchev–Trinajstić information content (AvgIpc) is 2.64. The molecule has 0 bridgehead atoms. The van der Waals surface area contributed by atoms with Gasteiger partial charge in [-0.15, -0.1) is 0 Å². The lowest BCUT2D eigenvalue weighted by atomic mass is 10.2.